The molecule has 4 heteroatoms. The Balaban J connectivity index is 2.05. The van der Waals surface area contributed by atoms with Crippen molar-refractivity contribution in [3.8, 4) is 5.75 Å². The average molecular weight is 362 g/mol. The van der Waals surface area contributed by atoms with E-state index < -0.39 is 5.54 Å². The van der Waals surface area contributed by atoms with Gasteiger partial charge >= 0.3 is 0 Å². The summed E-state index contributed by atoms with van der Waals surface area (Å²) in [4.78, 5) is 12.3. The highest BCUT2D eigenvalue weighted by molar-refractivity contribution is 9.10. The van der Waals surface area contributed by atoms with Crippen LogP contribution >= 0.6 is 15.9 Å². The van der Waals surface area contributed by atoms with E-state index in [1.54, 1.807) is 7.11 Å². The molecule has 0 aliphatic rings. The first kappa shape index (κ1) is 16.6. The van der Waals surface area contributed by atoms with Crippen molar-refractivity contribution in [2.75, 3.05) is 7.11 Å². The number of amides is 1. The van der Waals surface area contributed by atoms with Crippen LogP contribution in [0.5, 0.6) is 5.75 Å². The minimum atomic E-state index is -0.435. The van der Waals surface area contributed by atoms with Crippen molar-refractivity contribution in [1.82, 2.24) is 5.32 Å². The van der Waals surface area contributed by atoms with Crippen molar-refractivity contribution >= 4 is 21.8 Å². The van der Waals surface area contributed by atoms with Crippen LogP contribution in [0.25, 0.3) is 0 Å². The molecule has 0 bridgehead atoms. The predicted molar refractivity (Wildman–Crippen MR) is 92.0 cm³/mol. The highest BCUT2D eigenvalue weighted by Gasteiger charge is 2.22. The van der Waals surface area contributed by atoms with E-state index in [-0.39, 0.29) is 5.91 Å². The molecule has 1 N–H and O–H groups in total. The van der Waals surface area contributed by atoms with Gasteiger partial charge in [-0.15, -0.1) is 0 Å². The molecule has 0 saturated heterocycles. The molecule has 0 spiro atoms. The van der Waals surface area contributed by atoms with Crippen molar-refractivity contribution in [3.05, 3.63) is 64.1 Å². The fourth-order valence-corrected chi connectivity index (χ4v) is 2.75. The Morgan fingerprint density at radius 3 is 2.45 bits per heavy atom. The molecule has 0 unspecified atom stereocenters. The number of rotatable bonds is 5. The molecule has 0 heterocycles. The number of ether oxygens (including phenoxy) is 1. The molecule has 22 heavy (non-hydrogen) atoms. The van der Waals surface area contributed by atoms with Crippen LogP contribution in [-0.4, -0.2) is 13.0 Å². The van der Waals surface area contributed by atoms with Crippen LogP contribution in [0.4, 0.5) is 0 Å². The SMILES string of the molecule is COc1ccc(C(C)(C)NC(=O)Cc2cccc(Br)c2)cc1. The lowest BCUT2D eigenvalue weighted by Crippen LogP contribution is -2.41. The van der Waals surface area contributed by atoms with Crippen LogP contribution in [0, 0.1) is 0 Å². The minimum absolute atomic E-state index is 0.00100. The lowest BCUT2D eigenvalue weighted by atomic mass is 9.94. The third kappa shape index (κ3) is 4.34. The summed E-state index contributed by atoms with van der Waals surface area (Å²) in [7, 11) is 1.64. The van der Waals surface area contributed by atoms with E-state index in [1.165, 1.54) is 0 Å². The first-order valence-electron chi connectivity index (χ1n) is 7.11. The van der Waals surface area contributed by atoms with Gasteiger partial charge < -0.3 is 10.1 Å². The number of carbonyl (C=O) groups is 1. The number of methoxy groups -OCH3 is 1. The maximum absolute atomic E-state index is 12.3. The van der Waals surface area contributed by atoms with Crippen LogP contribution in [0.15, 0.2) is 53.0 Å². The lowest BCUT2D eigenvalue weighted by molar-refractivity contribution is -0.122. The van der Waals surface area contributed by atoms with E-state index in [9.17, 15) is 4.79 Å². The molecule has 1 amide bonds. The van der Waals surface area contributed by atoms with Crippen molar-refractivity contribution in [2.45, 2.75) is 25.8 Å². The number of halogens is 1. The third-order valence-corrected chi connectivity index (χ3v) is 4.01. The Kier molecular flexibility index (Phi) is 5.24. The molecule has 2 aromatic carbocycles. The molecule has 0 fully saturated rings. The molecule has 2 aromatic rings. The summed E-state index contributed by atoms with van der Waals surface area (Å²) < 4.78 is 6.14. The van der Waals surface area contributed by atoms with Crippen molar-refractivity contribution in [2.24, 2.45) is 0 Å². The molecule has 0 radical (unpaired) electrons. The molecular weight excluding hydrogens is 342 g/mol. The Hall–Kier alpha value is -1.81. The Labute approximate surface area is 139 Å². The summed E-state index contributed by atoms with van der Waals surface area (Å²) >= 11 is 3.42. The summed E-state index contributed by atoms with van der Waals surface area (Å²) in [5, 5.41) is 3.08. The van der Waals surface area contributed by atoms with Gasteiger partial charge in [-0.05, 0) is 49.2 Å². The second-order valence-corrected chi connectivity index (χ2v) is 6.62. The van der Waals surface area contributed by atoms with Gasteiger partial charge in [-0.2, -0.15) is 0 Å². The Morgan fingerprint density at radius 1 is 1.18 bits per heavy atom. The second-order valence-electron chi connectivity index (χ2n) is 5.71. The van der Waals surface area contributed by atoms with Crippen molar-refractivity contribution < 1.29 is 9.53 Å². The quantitative estimate of drug-likeness (QED) is 0.872. The lowest BCUT2D eigenvalue weighted by Gasteiger charge is -2.27. The highest BCUT2D eigenvalue weighted by Crippen LogP contribution is 2.23. The number of hydrogen-bond acceptors (Lipinski definition) is 2. The van der Waals surface area contributed by atoms with Gasteiger partial charge in [-0.25, -0.2) is 0 Å². The standard InChI is InChI=1S/C18H20BrNO2/c1-18(2,14-7-9-16(22-3)10-8-14)20-17(21)12-13-5-4-6-15(19)11-13/h4-11H,12H2,1-3H3,(H,20,21). The number of nitrogens with one attached hydrogen (secondary N) is 1. The monoisotopic (exact) mass is 361 g/mol. The first-order valence-corrected chi connectivity index (χ1v) is 7.90. The van der Waals surface area contributed by atoms with E-state index >= 15 is 0 Å². The topological polar surface area (TPSA) is 38.3 Å². The summed E-state index contributed by atoms with van der Waals surface area (Å²) in [5.41, 5.74) is 1.59. The zero-order valence-electron chi connectivity index (χ0n) is 13.0. The largest absolute Gasteiger partial charge is 0.497 e. The molecule has 0 atom stereocenters. The molecule has 0 aromatic heterocycles. The van der Waals surface area contributed by atoms with Crippen LogP contribution < -0.4 is 10.1 Å². The van der Waals surface area contributed by atoms with Crippen molar-refractivity contribution in [3.63, 3.8) is 0 Å². The summed E-state index contributed by atoms with van der Waals surface area (Å²) in [5.74, 6) is 0.805. The number of benzene rings is 2. The van der Waals surface area contributed by atoms with Gasteiger partial charge in [0.15, 0.2) is 0 Å². The van der Waals surface area contributed by atoms with Gasteiger partial charge in [0, 0.05) is 4.47 Å². The fourth-order valence-electron chi connectivity index (χ4n) is 2.30. The average Bonchev–Trinajstić information content (AvgIpc) is 2.46. The normalized spacial score (nSPS) is 11.1. The number of hydrogen-bond donors (Lipinski definition) is 1. The van der Waals surface area contributed by atoms with Crippen molar-refractivity contribution in [1.29, 1.82) is 0 Å². The predicted octanol–water partition coefficient (Wildman–Crippen LogP) is 4.05. The highest BCUT2D eigenvalue weighted by atomic mass is 79.9. The van der Waals surface area contributed by atoms with Gasteiger partial charge in [0.1, 0.15) is 5.75 Å². The molecular formula is C18H20BrNO2. The maximum atomic E-state index is 12.3. The number of carbonyl (C=O) groups excluding carboxylic acids is 1. The van der Waals surface area contributed by atoms with Gasteiger partial charge in [-0.3, -0.25) is 4.79 Å². The smallest absolute Gasteiger partial charge is 0.225 e. The molecule has 3 nitrogen and oxygen atoms in total. The van der Waals surface area contributed by atoms with Crippen LogP contribution in [0.1, 0.15) is 25.0 Å². The molecule has 0 saturated carbocycles. The first-order chi connectivity index (χ1) is 10.4. The Morgan fingerprint density at radius 2 is 1.86 bits per heavy atom. The van der Waals surface area contributed by atoms with Gasteiger partial charge in [-0.1, -0.05) is 40.2 Å². The molecule has 116 valence electrons. The van der Waals surface area contributed by atoms with E-state index in [4.69, 9.17) is 4.74 Å². The molecule has 2 rings (SSSR count). The van der Waals surface area contributed by atoms with E-state index in [2.05, 4.69) is 21.2 Å². The van der Waals surface area contributed by atoms with Crippen LogP contribution in [0.3, 0.4) is 0 Å². The van der Waals surface area contributed by atoms with E-state index in [1.807, 2.05) is 62.4 Å². The van der Waals surface area contributed by atoms with Gasteiger partial charge in [0.25, 0.3) is 0 Å². The fraction of sp³-hybridized carbons (Fsp3) is 0.278. The Bertz CT molecular complexity index is 650. The summed E-state index contributed by atoms with van der Waals surface area (Å²) in [6.45, 7) is 3.99. The van der Waals surface area contributed by atoms with Crippen LogP contribution in [0.2, 0.25) is 0 Å². The summed E-state index contributed by atoms with van der Waals surface area (Å²) in [6.07, 6.45) is 0.360. The summed E-state index contributed by atoms with van der Waals surface area (Å²) in [6, 6.07) is 15.5. The zero-order chi connectivity index (χ0) is 16.2. The minimum Gasteiger partial charge on any atom is -0.497 e. The van der Waals surface area contributed by atoms with E-state index in [0.29, 0.717) is 6.42 Å². The maximum Gasteiger partial charge on any atom is 0.225 e. The van der Waals surface area contributed by atoms with Gasteiger partial charge in [0.05, 0.1) is 19.1 Å². The molecule has 0 aliphatic heterocycles. The van der Waals surface area contributed by atoms with E-state index in [0.717, 1.165) is 21.3 Å². The van der Waals surface area contributed by atoms with Gasteiger partial charge in [0.2, 0.25) is 5.91 Å². The zero-order valence-corrected chi connectivity index (χ0v) is 14.6. The van der Waals surface area contributed by atoms with Crippen LogP contribution in [-0.2, 0) is 16.8 Å². The molecule has 0 aliphatic carbocycles. The second kappa shape index (κ2) is 6.97. The third-order valence-electron chi connectivity index (χ3n) is 3.52.